The molecule has 2 atom stereocenters. The summed E-state index contributed by atoms with van der Waals surface area (Å²) < 4.78 is 6.21. The zero-order chi connectivity index (χ0) is 18.5. The lowest BCUT2D eigenvalue weighted by molar-refractivity contribution is -0.118. The molecule has 5 heteroatoms. The molecule has 0 amide bonds. The third-order valence-corrected chi connectivity index (χ3v) is 5.14. The first-order valence-electron chi connectivity index (χ1n) is 8.99. The Hall–Kier alpha value is -3.34. The van der Waals surface area contributed by atoms with Crippen LogP contribution in [-0.4, -0.2) is 22.0 Å². The fourth-order valence-electron chi connectivity index (χ4n) is 3.99. The van der Waals surface area contributed by atoms with Crippen LogP contribution in [0, 0.1) is 0 Å². The van der Waals surface area contributed by atoms with E-state index in [2.05, 4.69) is 10.3 Å². The lowest BCUT2D eigenvalue weighted by Gasteiger charge is -2.36. The Morgan fingerprint density at radius 1 is 1.19 bits per heavy atom. The first-order chi connectivity index (χ1) is 13.1. The second-order valence-corrected chi connectivity index (χ2v) is 7.03. The average Bonchev–Trinajstić information content (AvgIpc) is 2.66. The number of aromatic nitrogens is 1. The number of phenols is 1. The summed E-state index contributed by atoms with van der Waals surface area (Å²) in [5.74, 6) is 0.859. The van der Waals surface area contributed by atoms with Crippen LogP contribution in [0.5, 0.6) is 5.75 Å². The molecule has 2 aliphatic rings. The molecule has 0 fully saturated rings. The highest BCUT2D eigenvalue weighted by Crippen LogP contribution is 2.47. The maximum atomic E-state index is 13.0. The zero-order valence-corrected chi connectivity index (χ0v) is 14.8. The Bertz CT molecular complexity index is 1120. The van der Waals surface area contributed by atoms with Gasteiger partial charge in [-0.05, 0) is 42.8 Å². The number of fused-ring (bicyclic) bond motifs is 4. The number of phenolic OH excluding ortho intramolecular Hbond substituents is 1. The van der Waals surface area contributed by atoms with Crippen molar-refractivity contribution < 1.29 is 14.6 Å². The summed E-state index contributed by atoms with van der Waals surface area (Å²) in [7, 11) is 0. The molecule has 134 valence electrons. The van der Waals surface area contributed by atoms with Crippen LogP contribution in [0.25, 0.3) is 16.7 Å². The fourth-order valence-corrected chi connectivity index (χ4v) is 3.99. The molecular formula is C22H18N2O3. The zero-order valence-electron chi connectivity index (χ0n) is 14.8. The summed E-state index contributed by atoms with van der Waals surface area (Å²) in [4.78, 5) is 17.4. The molecule has 1 aromatic heterocycles. The summed E-state index contributed by atoms with van der Waals surface area (Å²) in [6, 6.07) is 14.4. The molecule has 0 saturated carbocycles. The third-order valence-electron chi connectivity index (χ3n) is 5.14. The van der Waals surface area contributed by atoms with Gasteiger partial charge in [-0.25, -0.2) is 0 Å². The van der Waals surface area contributed by atoms with Crippen molar-refractivity contribution in [1.82, 2.24) is 4.98 Å². The van der Waals surface area contributed by atoms with Gasteiger partial charge in [0.15, 0.2) is 5.78 Å². The summed E-state index contributed by atoms with van der Waals surface area (Å²) in [5.41, 5.74) is 4.07. The number of hydrogen-bond acceptors (Lipinski definition) is 5. The van der Waals surface area contributed by atoms with Gasteiger partial charge in [-0.15, -0.1) is 0 Å². The quantitative estimate of drug-likeness (QED) is 0.682. The monoisotopic (exact) mass is 358 g/mol. The summed E-state index contributed by atoms with van der Waals surface area (Å²) >= 11 is 0. The Labute approximate surface area is 156 Å². The second kappa shape index (κ2) is 5.84. The van der Waals surface area contributed by atoms with Crippen molar-refractivity contribution in [1.29, 1.82) is 0 Å². The van der Waals surface area contributed by atoms with Gasteiger partial charge < -0.3 is 15.2 Å². The van der Waals surface area contributed by atoms with Crippen molar-refractivity contribution in [2.45, 2.75) is 25.5 Å². The molecule has 5 rings (SSSR count). The molecule has 0 aliphatic carbocycles. The molecule has 5 nitrogen and oxygen atoms in total. The fraction of sp³-hybridized carbons (Fsp3) is 0.182. The molecule has 2 N–H and O–H groups in total. The number of pyridine rings is 1. The van der Waals surface area contributed by atoms with Crippen molar-refractivity contribution in [2.24, 2.45) is 0 Å². The molecular weight excluding hydrogens is 340 g/mol. The number of benzene rings is 2. The summed E-state index contributed by atoms with van der Waals surface area (Å²) in [5, 5.41) is 14.3. The number of hydrogen-bond donors (Lipinski definition) is 2. The summed E-state index contributed by atoms with van der Waals surface area (Å²) in [6.45, 7) is 1.91. The van der Waals surface area contributed by atoms with E-state index < -0.39 is 0 Å². The van der Waals surface area contributed by atoms with Gasteiger partial charge in [0.2, 0.25) is 0 Å². The smallest absolute Gasteiger partial charge is 0.168 e. The number of carbonyl (C=O) groups is 1. The number of aromatic hydroxyl groups is 1. The van der Waals surface area contributed by atoms with Crippen molar-refractivity contribution in [2.75, 3.05) is 5.32 Å². The number of Topliss-reactive ketones (excluding diaryl/α,β-unsaturated/α-hetero) is 1. The minimum atomic E-state index is -0.367. The van der Waals surface area contributed by atoms with Gasteiger partial charge >= 0.3 is 0 Å². The van der Waals surface area contributed by atoms with Gasteiger partial charge in [-0.2, -0.15) is 0 Å². The van der Waals surface area contributed by atoms with Crippen molar-refractivity contribution in [3.05, 3.63) is 71.4 Å². The molecule has 0 radical (unpaired) electrons. The van der Waals surface area contributed by atoms with Crippen molar-refractivity contribution in [3.8, 4) is 5.75 Å². The molecule has 0 saturated heterocycles. The van der Waals surface area contributed by atoms with E-state index in [4.69, 9.17) is 4.74 Å². The topological polar surface area (TPSA) is 71.5 Å². The summed E-state index contributed by atoms with van der Waals surface area (Å²) in [6.07, 6.45) is 1.92. The highest BCUT2D eigenvalue weighted by Gasteiger charge is 2.38. The predicted molar refractivity (Wildman–Crippen MR) is 103 cm³/mol. The van der Waals surface area contributed by atoms with E-state index in [-0.39, 0.29) is 23.7 Å². The van der Waals surface area contributed by atoms with E-state index in [1.807, 2.05) is 37.3 Å². The molecule has 0 unspecified atom stereocenters. The van der Waals surface area contributed by atoms with Crippen LogP contribution in [0.15, 0.2) is 60.3 Å². The van der Waals surface area contributed by atoms with Gasteiger partial charge in [0, 0.05) is 29.3 Å². The molecule has 3 aromatic rings. The number of ketones is 1. The number of nitrogens with one attached hydrogen (secondary N) is 1. The average molecular weight is 358 g/mol. The largest absolute Gasteiger partial charge is 0.508 e. The Balaban J connectivity index is 1.80. The Kier molecular flexibility index (Phi) is 3.44. The Morgan fingerprint density at radius 2 is 2.07 bits per heavy atom. The number of rotatable bonds is 1. The van der Waals surface area contributed by atoms with Crippen LogP contribution < -0.4 is 5.32 Å². The van der Waals surface area contributed by atoms with E-state index >= 15 is 0 Å². The molecule has 0 bridgehead atoms. The van der Waals surface area contributed by atoms with Crippen LogP contribution in [0.1, 0.15) is 30.5 Å². The second-order valence-electron chi connectivity index (χ2n) is 7.03. The molecule has 0 spiro atoms. The van der Waals surface area contributed by atoms with Crippen molar-refractivity contribution in [3.63, 3.8) is 0 Å². The molecule has 2 aliphatic heterocycles. The van der Waals surface area contributed by atoms with E-state index in [1.165, 1.54) is 0 Å². The first-order valence-corrected chi connectivity index (χ1v) is 8.99. The van der Waals surface area contributed by atoms with Crippen LogP contribution in [0.3, 0.4) is 0 Å². The Morgan fingerprint density at radius 3 is 2.93 bits per heavy atom. The van der Waals surface area contributed by atoms with Crippen LogP contribution in [0.4, 0.5) is 5.69 Å². The minimum absolute atomic E-state index is 0.0659. The number of nitrogens with zero attached hydrogens (tertiary/aromatic N) is 1. The maximum absolute atomic E-state index is 13.0. The number of carbonyl (C=O) groups excluding carboxylic acids is 1. The van der Waals surface area contributed by atoms with Gasteiger partial charge in [0.25, 0.3) is 0 Å². The van der Waals surface area contributed by atoms with E-state index in [0.29, 0.717) is 17.8 Å². The van der Waals surface area contributed by atoms with E-state index in [1.54, 1.807) is 24.4 Å². The lowest BCUT2D eigenvalue weighted by atomic mass is 9.84. The molecule has 2 aromatic carbocycles. The van der Waals surface area contributed by atoms with Gasteiger partial charge in [-0.1, -0.05) is 18.2 Å². The van der Waals surface area contributed by atoms with Crippen LogP contribution in [0.2, 0.25) is 0 Å². The first kappa shape index (κ1) is 15.9. The lowest BCUT2D eigenvalue weighted by Crippen LogP contribution is -2.32. The van der Waals surface area contributed by atoms with E-state index in [9.17, 15) is 9.90 Å². The minimum Gasteiger partial charge on any atom is -0.508 e. The van der Waals surface area contributed by atoms with Crippen LogP contribution in [-0.2, 0) is 9.53 Å². The number of ether oxygens (including phenoxy) is 1. The van der Waals surface area contributed by atoms with Gasteiger partial charge in [0.1, 0.15) is 17.6 Å². The molecule has 3 heterocycles. The standard InChI is InChI=1S/C22H18N2O3/c1-12-10-18(26)20-21(13-4-2-5-14(25)11-13)24-17-8-7-16-15(6-3-9-23-16)19(17)22(20)27-12/h2-9,11-12,21,24-25H,10H2,1H3/t12-,21+/m1/s1. The normalized spacial score (nSPS) is 21.3. The SMILES string of the molecule is C[C@@H]1CC(=O)C2=C(O1)c1c(ccc3ncccc13)N[C@H]2c1cccc(O)c1. The van der Waals surface area contributed by atoms with Gasteiger partial charge in [0.05, 0.1) is 17.1 Å². The maximum Gasteiger partial charge on any atom is 0.168 e. The van der Waals surface area contributed by atoms with Crippen molar-refractivity contribution >= 4 is 28.1 Å². The van der Waals surface area contributed by atoms with Gasteiger partial charge in [-0.3, -0.25) is 9.78 Å². The predicted octanol–water partition coefficient (Wildman–Crippen LogP) is 4.20. The van der Waals surface area contributed by atoms with E-state index in [0.717, 1.165) is 27.7 Å². The van der Waals surface area contributed by atoms with Crippen LogP contribution >= 0.6 is 0 Å². The third kappa shape index (κ3) is 2.46. The molecule has 27 heavy (non-hydrogen) atoms. The highest BCUT2D eigenvalue weighted by atomic mass is 16.5. The number of anilines is 1. The highest BCUT2D eigenvalue weighted by molar-refractivity contribution is 6.10.